The molecule has 1 rings (SSSR count). The Morgan fingerprint density at radius 1 is 0.667 bits per heavy atom. The summed E-state index contributed by atoms with van der Waals surface area (Å²) in [5, 5.41) is 33.5. The van der Waals surface area contributed by atoms with E-state index >= 15 is 0 Å². The zero-order valence-electron chi connectivity index (χ0n) is 11.2. The molecule has 1 heterocycles. The second-order valence-electron chi connectivity index (χ2n) is 4.59. The van der Waals surface area contributed by atoms with E-state index in [2.05, 4.69) is 15.1 Å². The molecule has 0 saturated carbocycles. The molecular weight excluding hydrogens is 234 g/mol. The predicted molar refractivity (Wildman–Crippen MR) is 69.6 cm³/mol. The fourth-order valence-electron chi connectivity index (χ4n) is 2.30. The van der Waals surface area contributed by atoms with Crippen molar-refractivity contribution in [1.29, 1.82) is 0 Å². The highest BCUT2D eigenvalue weighted by Crippen LogP contribution is 2.14. The Morgan fingerprint density at radius 2 is 1.11 bits per heavy atom. The molecule has 6 heteroatoms. The lowest BCUT2D eigenvalue weighted by Crippen LogP contribution is -2.58. The van der Waals surface area contributed by atoms with Gasteiger partial charge in [0.15, 0.2) is 0 Å². The smallest absolute Gasteiger partial charge is 0.0444 e. The van der Waals surface area contributed by atoms with E-state index in [9.17, 15) is 0 Å². The second kappa shape index (κ2) is 9.66. The minimum absolute atomic E-state index is 0.193. The molecule has 1 aliphatic heterocycles. The molecule has 1 aliphatic rings. The molecule has 0 spiro atoms. The molecule has 0 unspecified atom stereocenters. The van der Waals surface area contributed by atoms with Gasteiger partial charge in [-0.05, 0) is 25.7 Å². The molecule has 0 aromatic carbocycles. The fraction of sp³-hybridized carbons (Fsp3) is 1.00. The number of hydrogen-bond donors (Lipinski definition) is 3. The van der Waals surface area contributed by atoms with Crippen LogP contribution in [0.3, 0.4) is 0 Å². The zero-order valence-corrected chi connectivity index (χ0v) is 11.2. The summed E-state index contributed by atoms with van der Waals surface area (Å²) in [6.07, 6.45) is 3.38. The van der Waals surface area contributed by atoms with Gasteiger partial charge in [-0.25, -0.2) is 10.0 Å². The number of rotatable bonds is 9. The lowest BCUT2D eigenvalue weighted by atomic mass is 10.3. The minimum atomic E-state index is 0.193. The van der Waals surface area contributed by atoms with E-state index in [4.69, 9.17) is 15.3 Å². The summed E-state index contributed by atoms with van der Waals surface area (Å²) in [6, 6.07) is 0. The molecule has 0 aromatic rings. The summed E-state index contributed by atoms with van der Waals surface area (Å²) in [5.41, 5.74) is 0. The third-order valence-corrected chi connectivity index (χ3v) is 3.15. The first kappa shape index (κ1) is 15.8. The highest BCUT2D eigenvalue weighted by atomic mass is 16.3. The number of hydrogen-bond acceptors (Lipinski definition) is 6. The SMILES string of the molecule is OCCCN1CCCN(CCCO)N1CCCO. The maximum atomic E-state index is 8.98. The Kier molecular flexibility index (Phi) is 8.49. The Bertz CT molecular complexity index is 191. The summed E-state index contributed by atoms with van der Waals surface area (Å²) >= 11 is 0. The Hall–Kier alpha value is -0.240. The third kappa shape index (κ3) is 5.17. The molecule has 3 N–H and O–H groups in total. The van der Waals surface area contributed by atoms with E-state index in [0.717, 1.165) is 58.4 Å². The molecular formula is C12H27N3O3. The topological polar surface area (TPSA) is 70.4 Å². The third-order valence-electron chi connectivity index (χ3n) is 3.15. The van der Waals surface area contributed by atoms with Crippen LogP contribution in [0.5, 0.6) is 0 Å². The maximum Gasteiger partial charge on any atom is 0.0444 e. The van der Waals surface area contributed by atoms with Crippen LogP contribution >= 0.6 is 0 Å². The highest BCUT2D eigenvalue weighted by Gasteiger charge is 2.25. The predicted octanol–water partition coefficient (Wildman–Crippen LogP) is -0.727. The van der Waals surface area contributed by atoms with Gasteiger partial charge in [-0.2, -0.15) is 5.12 Å². The van der Waals surface area contributed by atoms with Crippen LogP contribution in [0.4, 0.5) is 0 Å². The van der Waals surface area contributed by atoms with Gasteiger partial charge in [0.25, 0.3) is 0 Å². The Labute approximate surface area is 109 Å². The van der Waals surface area contributed by atoms with Crippen LogP contribution in [0.2, 0.25) is 0 Å². The van der Waals surface area contributed by atoms with Crippen LogP contribution in [0.1, 0.15) is 25.7 Å². The summed E-state index contributed by atoms with van der Waals surface area (Å²) in [7, 11) is 0. The normalized spacial score (nSPS) is 19.5. The van der Waals surface area contributed by atoms with Crippen LogP contribution < -0.4 is 0 Å². The van der Waals surface area contributed by atoms with Crippen molar-refractivity contribution in [3.8, 4) is 0 Å². The molecule has 0 aromatic heterocycles. The largest absolute Gasteiger partial charge is 0.396 e. The van der Waals surface area contributed by atoms with Crippen LogP contribution in [-0.4, -0.2) is 83.0 Å². The van der Waals surface area contributed by atoms with Crippen molar-refractivity contribution in [2.75, 3.05) is 52.5 Å². The summed E-state index contributed by atoms with van der Waals surface area (Å²) in [4.78, 5) is 0. The van der Waals surface area contributed by atoms with Gasteiger partial charge < -0.3 is 15.3 Å². The van der Waals surface area contributed by atoms with Crippen LogP contribution in [0.15, 0.2) is 0 Å². The monoisotopic (exact) mass is 261 g/mol. The second-order valence-corrected chi connectivity index (χ2v) is 4.59. The molecule has 0 aliphatic carbocycles. The highest BCUT2D eigenvalue weighted by molar-refractivity contribution is 4.67. The van der Waals surface area contributed by atoms with Crippen LogP contribution in [0, 0.1) is 0 Å². The van der Waals surface area contributed by atoms with Crippen molar-refractivity contribution in [2.45, 2.75) is 25.7 Å². The summed E-state index contributed by atoms with van der Waals surface area (Å²) < 4.78 is 0. The Morgan fingerprint density at radius 3 is 1.56 bits per heavy atom. The minimum Gasteiger partial charge on any atom is -0.396 e. The van der Waals surface area contributed by atoms with Crippen molar-refractivity contribution in [1.82, 2.24) is 15.1 Å². The van der Waals surface area contributed by atoms with Crippen LogP contribution in [0.25, 0.3) is 0 Å². The van der Waals surface area contributed by atoms with Crippen molar-refractivity contribution >= 4 is 0 Å². The van der Waals surface area contributed by atoms with Gasteiger partial charge in [0.1, 0.15) is 0 Å². The average molecular weight is 261 g/mol. The zero-order chi connectivity index (χ0) is 13.2. The molecule has 1 saturated heterocycles. The molecule has 1 fully saturated rings. The number of hydrazine groups is 2. The van der Waals surface area contributed by atoms with Crippen molar-refractivity contribution in [3.63, 3.8) is 0 Å². The van der Waals surface area contributed by atoms with Gasteiger partial charge in [-0.1, -0.05) is 0 Å². The maximum absolute atomic E-state index is 8.98. The quantitative estimate of drug-likeness (QED) is 0.508. The Balaban J connectivity index is 2.51. The molecule has 0 atom stereocenters. The van der Waals surface area contributed by atoms with E-state index in [1.807, 2.05) is 0 Å². The van der Waals surface area contributed by atoms with E-state index in [1.165, 1.54) is 0 Å². The first-order valence-electron chi connectivity index (χ1n) is 6.93. The van der Waals surface area contributed by atoms with Gasteiger partial charge in [0.2, 0.25) is 0 Å². The molecule has 0 radical (unpaired) electrons. The number of aliphatic hydroxyl groups is 3. The lowest BCUT2D eigenvalue weighted by Gasteiger charge is -2.46. The fourth-order valence-corrected chi connectivity index (χ4v) is 2.30. The summed E-state index contributed by atoms with van der Waals surface area (Å²) in [5.74, 6) is 0. The van der Waals surface area contributed by atoms with E-state index in [0.29, 0.717) is 0 Å². The number of aliphatic hydroxyl groups excluding tert-OH is 3. The van der Waals surface area contributed by atoms with Crippen molar-refractivity contribution in [3.05, 3.63) is 0 Å². The van der Waals surface area contributed by atoms with E-state index < -0.39 is 0 Å². The van der Waals surface area contributed by atoms with Crippen molar-refractivity contribution < 1.29 is 15.3 Å². The number of nitrogens with zero attached hydrogens (tertiary/aromatic N) is 3. The summed E-state index contributed by atoms with van der Waals surface area (Å²) in [6.45, 7) is 5.10. The molecule has 0 amide bonds. The average Bonchev–Trinajstić information content (AvgIpc) is 2.41. The van der Waals surface area contributed by atoms with Gasteiger partial charge >= 0.3 is 0 Å². The van der Waals surface area contributed by atoms with E-state index in [-0.39, 0.29) is 19.8 Å². The van der Waals surface area contributed by atoms with Gasteiger partial charge in [-0.3, -0.25) is 0 Å². The molecule has 18 heavy (non-hydrogen) atoms. The first-order valence-corrected chi connectivity index (χ1v) is 6.93. The molecule has 108 valence electrons. The van der Waals surface area contributed by atoms with Gasteiger partial charge in [0.05, 0.1) is 0 Å². The van der Waals surface area contributed by atoms with Gasteiger partial charge in [0, 0.05) is 52.5 Å². The van der Waals surface area contributed by atoms with Crippen molar-refractivity contribution in [2.24, 2.45) is 0 Å². The lowest BCUT2D eigenvalue weighted by molar-refractivity contribution is -0.213. The molecule has 0 bridgehead atoms. The standard InChI is InChI=1S/C12H27N3O3/c16-10-2-7-13-5-1-6-14(8-3-11-17)15(13)9-4-12-18/h16-18H,1-12H2. The van der Waals surface area contributed by atoms with E-state index in [1.54, 1.807) is 0 Å². The molecule has 6 nitrogen and oxygen atoms in total. The van der Waals surface area contributed by atoms with Gasteiger partial charge in [-0.15, -0.1) is 0 Å². The first-order chi connectivity index (χ1) is 8.83. The van der Waals surface area contributed by atoms with Crippen LogP contribution in [-0.2, 0) is 0 Å².